The first-order valence-electron chi connectivity index (χ1n) is 5.67. The van der Waals surface area contributed by atoms with Gasteiger partial charge in [-0.3, -0.25) is 4.55 Å². The molecule has 0 amide bonds. The van der Waals surface area contributed by atoms with E-state index in [0.29, 0.717) is 22.2 Å². The van der Waals surface area contributed by atoms with Crippen molar-refractivity contribution in [3.05, 3.63) is 22.2 Å². The van der Waals surface area contributed by atoms with Gasteiger partial charge in [0.15, 0.2) is 5.16 Å². The van der Waals surface area contributed by atoms with Crippen LogP contribution in [0.15, 0.2) is 17.3 Å². The Bertz CT molecular complexity index is 744. The van der Waals surface area contributed by atoms with Crippen molar-refractivity contribution in [1.29, 1.82) is 0 Å². The monoisotopic (exact) mass is 354 g/mol. The summed E-state index contributed by atoms with van der Waals surface area (Å²) in [6.45, 7) is 0. The summed E-state index contributed by atoms with van der Waals surface area (Å²) < 4.78 is 31.8. The Hall–Kier alpha value is -0.470. The average molecular weight is 355 g/mol. The predicted octanol–water partition coefficient (Wildman–Crippen LogP) is 3.25. The van der Waals surface area contributed by atoms with Gasteiger partial charge in [0.2, 0.25) is 0 Å². The average Bonchev–Trinajstić information content (AvgIpc) is 2.62. The molecule has 5 nitrogen and oxygen atoms in total. The molecule has 2 rings (SSSR count). The quantitative estimate of drug-likeness (QED) is 0.506. The number of imidazole rings is 1. The molecule has 0 atom stereocenters. The van der Waals surface area contributed by atoms with Crippen LogP contribution in [0.4, 0.5) is 0 Å². The largest absolute Gasteiger partial charge is 0.322 e. The second-order valence-corrected chi connectivity index (χ2v) is 7.65. The van der Waals surface area contributed by atoms with Crippen LogP contribution in [0.2, 0.25) is 10.0 Å². The molecule has 0 radical (unpaired) electrons. The molecule has 0 saturated heterocycles. The molecule has 0 spiro atoms. The van der Waals surface area contributed by atoms with E-state index in [4.69, 9.17) is 27.8 Å². The minimum atomic E-state index is -3.90. The third-order valence-corrected chi connectivity index (χ3v) is 5.30. The molecule has 1 aromatic carbocycles. The van der Waals surface area contributed by atoms with E-state index in [1.165, 1.54) is 11.8 Å². The third-order valence-electron chi connectivity index (χ3n) is 2.66. The predicted molar refractivity (Wildman–Crippen MR) is 82.5 cm³/mol. The van der Waals surface area contributed by atoms with Gasteiger partial charge in [-0.15, -0.1) is 0 Å². The number of thioether (sulfide) groups is 1. The van der Waals surface area contributed by atoms with Crippen LogP contribution in [0.3, 0.4) is 0 Å². The molecule has 110 valence electrons. The van der Waals surface area contributed by atoms with Crippen LogP contribution in [0.25, 0.3) is 11.0 Å². The Morgan fingerprint density at radius 3 is 2.65 bits per heavy atom. The number of halogens is 2. The number of nitrogens with zero attached hydrogens (tertiary/aromatic N) is 2. The SMILES string of the molecule is Cn1c(SCCCS(=O)(=O)O)nc2cc(Cl)c(Cl)cc21. The Balaban J connectivity index is 2.13. The van der Waals surface area contributed by atoms with Crippen LogP contribution in [0.5, 0.6) is 0 Å². The first kappa shape index (κ1) is 15.9. The zero-order valence-electron chi connectivity index (χ0n) is 10.5. The number of rotatable bonds is 5. The minimum absolute atomic E-state index is 0.248. The molecule has 0 aliphatic rings. The lowest BCUT2D eigenvalue weighted by Crippen LogP contribution is -2.04. The maximum atomic E-state index is 10.6. The molecular weight excluding hydrogens is 343 g/mol. The van der Waals surface area contributed by atoms with Gasteiger partial charge in [0.1, 0.15) is 0 Å². The van der Waals surface area contributed by atoms with Gasteiger partial charge < -0.3 is 4.57 Å². The van der Waals surface area contributed by atoms with Crippen LogP contribution in [0.1, 0.15) is 6.42 Å². The van der Waals surface area contributed by atoms with Crippen LogP contribution < -0.4 is 0 Å². The first-order valence-corrected chi connectivity index (χ1v) is 9.02. The van der Waals surface area contributed by atoms with Crippen molar-refractivity contribution in [1.82, 2.24) is 9.55 Å². The van der Waals surface area contributed by atoms with E-state index in [2.05, 4.69) is 4.98 Å². The molecule has 1 aromatic heterocycles. The molecule has 1 N–H and O–H groups in total. The zero-order valence-corrected chi connectivity index (χ0v) is 13.7. The van der Waals surface area contributed by atoms with Crippen molar-refractivity contribution >= 4 is 56.1 Å². The smallest absolute Gasteiger partial charge is 0.264 e. The lowest BCUT2D eigenvalue weighted by Gasteiger charge is -2.02. The summed E-state index contributed by atoms with van der Waals surface area (Å²) >= 11 is 13.3. The fourth-order valence-corrected chi connectivity index (χ4v) is 3.63. The van der Waals surface area contributed by atoms with Crippen molar-refractivity contribution in [3.63, 3.8) is 0 Å². The normalized spacial score (nSPS) is 12.2. The van der Waals surface area contributed by atoms with E-state index in [1.807, 2.05) is 11.6 Å². The van der Waals surface area contributed by atoms with Gasteiger partial charge in [0, 0.05) is 12.8 Å². The summed E-state index contributed by atoms with van der Waals surface area (Å²) in [4.78, 5) is 4.42. The van der Waals surface area contributed by atoms with E-state index in [9.17, 15) is 8.42 Å². The Morgan fingerprint density at radius 2 is 2.00 bits per heavy atom. The van der Waals surface area contributed by atoms with Gasteiger partial charge in [-0.05, 0) is 18.6 Å². The molecule has 2 aromatic rings. The second-order valence-electron chi connectivity index (χ2n) is 4.20. The number of hydrogen-bond acceptors (Lipinski definition) is 4. The van der Waals surface area contributed by atoms with Gasteiger partial charge in [-0.2, -0.15) is 8.42 Å². The highest BCUT2D eigenvalue weighted by Crippen LogP contribution is 2.30. The van der Waals surface area contributed by atoms with E-state index < -0.39 is 10.1 Å². The number of benzene rings is 1. The van der Waals surface area contributed by atoms with Gasteiger partial charge in [-0.25, -0.2) is 4.98 Å². The van der Waals surface area contributed by atoms with Crippen molar-refractivity contribution < 1.29 is 13.0 Å². The fraction of sp³-hybridized carbons (Fsp3) is 0.364. The van der Waals surface area contributed by atoms with Crippen LogP contribution in [0, 0.1) is 0 Å². The number of hydrogen-bond donors (Lipinski definition) is 1. The van der Waals surface area contributed by atoms with Crippen molar-refractivity contribution in [3.8, 4) is 0 Å². The topological polar surface area (TPSA) is 72.2 Å². The van der Waals surface area contributed by atoms with Crippen LogP contribution >= 0.6 is 35.0 Å². The molecule has 0 fully saturated rings. The number of aromatic nitrogens is 2. The Morgan fingerprint density at radius 1 is 1.35 bits per heavy atom. The van der Waals surface area contributed by atoms with E-state index in [-0.39, 0.29) is 5.75 Å². The second kappa shape index (κ2) is 6.11. The van der Waals surface area contributed by atoms with E-state index in [0.717, 1.165) is 16.2 Å². The molecule has 0 unspecified atom stereocenters. The first-order chi connectivity index (χ1) is 9.28. The van der Waals surface area contributed by atoms with Crippen molar-refractivity contribution in [2.75, 3.05) is 11.5 Å². The molecule has 0 bridgehead atoms. The summed E-state index contributed by atoms with van der Waals surface area (Å²) in [6.07, 6.45) is 0.355. The zero-order chi connectivity index (χ0) is 14.9. The summed E-state index contributed by atoms with van der Waals surface area (Å²) in [5, 5.41) is 1.65. The van der Waals surface area contributed by atoms with Gasteiger partial charge in [0.25, 0.3) is 10.1 Å². The van der Waals surface area contributed by atoms with Gasteiger partial charge in [-0.1, -0.05) is 35.0 Å². The molecule has 0 aliphatic heterocycles. The lowest BCUT2D eigenvalue weighted by molar-refractivity contribution is 0.482. The Labute approximate surface area is 131 Å². The molecule has 20 heavy (non-hydrogen) atoms. The van der Waals surface area contributed by atoms with E-state index >= 15 is 0 Å². The number of fused-ring (bicyclic) bond motifs is 1. The molecular formula is C11H12Cl2N2O3S2. The summed E-state index contributed by atoms with van der Waals surface area (Å²) in [7, 11) is -2.05. The molecule has 0 saturated carbocycles. The highest BCUT2D eigenvalue weighted by atomic mass is 35.5. The lowest BCUT2D eigenvalue weighted by atomic mass is 10.3. The van der Waals surface area contributed by atoms with Crippen LogP contribution in [-0.2, 0) is 17.2 Å². The molecule has 1 heterocycles. The summed E-state index contributed by atoms with van der Waals surface area (Å²) in [6, 6.07) is 3.44. The fourth-order valence-electron chi connectivity index (χ4n) is 1.70. The van der Waals surface area contributed by atoms with E-state index in [1.54, 1.807) is 12.1 Å². The maximum Gasteiger partial charge on any atom is 0.264 e. The maximum absolute atomic E-state index is 10.6. The van der Waals surface area contributed by atoms with Crippen molar-refractivity contribution in [2.24, 2.45) is 7.05 Å². The third kappa shape index (κ3) is 3.79. The molecule has 9 heteroatoms. The van der Waals surface area contributed by atoms with Crippen molar-refractivity contribution in [2.45, 2.75) is 11.6 Å². The number of aryl methyl sites for hydroxylation is 1. The van der Waals surface area contributed by atoms with Gasteiger partial charge >= 0.3 is 0 Å². The van der Waals surface area contributed by atoms with Gasteiger partial charge in [0.05, 0.1) is 26.8 Å². The summed E-state index contributed by atoms with van der Waals surface area (Å²) in [5.74, 6) is 0.292. The molecule has 0 aliphatic carbocycles. The minimum Gasteiger partial charge on any atom is -0.322 e. The highest BCUT2D eigenvalue weighted by molar-refractivity contribution is 7.99. The standard InChI is InChI=1S/C11H12Cl2N2O3S2/c1-15-10-6-8(13)7(12)5-9(10)14-11(15)19-3-2-4-20(16,17)18/h5-6H,2-4H2,1H3,(H,16,17,18). The van der Waals surface area contributed by atoms with Crippen LogP contribution in [-0.4, -0.2) is 34.0 Å². The highest BCUT2D eigenvalue weighted by Gasteiger charge is 2.11. The Kier molecular flexibility index (Phi) is 4.86. The summed E-state index contributed by atoms with van der Waals surface area (Å²) in [5.41, 5.74) is 1.59.